The fourth-order valence-electron chi connectivity index (χ4n) is 2.14. The summed E-state index contributed by atoms with van der Waals surface area (Å²) in [6.45, 7) is 3.51. The number of H-pyrrole nitrogens is 1. The van der Waals surface area contributed by atoms with Crippen LogP contribution in [0.25, 0.3) is 10.9 Å². The van der Waals surface area contributed by atoms with E-state index in [1.165, 1.54) is 4.90 Å². The third kappa shape index (κ3) is 2.82. The van der Waals surface area contributed by atoms with E-state index in [2.05, 4.69) is 4.98 Å². The summed E-state index contributed by atoms with van der Waals surface area (Å²) in [4.78, 5) is 27.9. The Hall–Kier alpha value is -2.30. The summed E-state index contributed by atoms with van der Waals surface area (Å²) in [6.07, 6.45) is 2.52. The summed E-state index contributed by atoms with van der Waals surface area (Å²) in [5.41, 5.74) is 1.37. The van der Waals surface area contributed by atoms with Crippen molar-refractivity contribution in [3.05, 3.63) is 36.0 Å². The average Bonchev–Trinajstić information content (AvgIpc) is 2.90. The number of carbonyl (C=O) groups excluding carboxylic acids is 1. The lowest BCUT2D eigenvalue weighted by Gasteiger charge is -2.27. The monoisotopic (exact) mass is 274 g/mol. The van der Waals surface area contributed by atoms with E-state index in [0.29, 0.717) is 12.0 Å². The highest BCUT2D eigenvalue weighted by molar-refractivity contribution is 5.99. The van der Waals surface area contributed by atoms with Gasteiger partial charge in [-0.1, -0.05) is 13.0 Å². The van der Waals surface area contributed by atoms with Crippen LogP contribution in [0.15, 0.2) is 30.5 Å². The largest absolute Gasteiger partial charge is 0.480 e. The first-order chi connectivity index (χ1) is 9.52. The number of amides is 1. The van der Waals surface area contributed by atoms with Gasteiger partial charge < -0.3 is 15.0 Å². The molecule has 20 heavy (non-hydrogen) atoms. The fraction of sp³-hybridized carbons (Fsp3) is 0.333. The van der Waals surface area contributed by atoms with E-state index in [4.69, 9.17) is 5.11 Å². The molecule has 0 fully saturated rings. The van der Waals surface area contributed by atoms with E-state index in [9.17, 15) is 9.59 Å². The molecule has 0 radical (unpaired) electrons. The van der Waals surface area contributed by atoms with Gasteiger partial charge in [0.2, 0.25) is 0 Å². The van der Waals surface area contributed by atoms with Crippen LogP contribution in [0, 0.1) is 0 Å². The summed E-state index contributed by atoms with van der Waals surface area (Å²) in [5.74, 6) is -1.25. The van der Waals surface area contributed by atoms with Gasteiger partial charge in [-0.05, 0) is 36.9 Å². The van der Waals surface area contributed by atoms with Crippen LogP contribution in [0.4, 0.5) is 0 Å². The van der Waals surface area contributed by atoms with Gasteiger partial charge in [0.05, 0.1) is 0 Å². The maximum Gasteiger partial charge on any atom is 0.323 e. The minimum absolute atomic E-state index is 0.113. The molecule has 2 aromatic rings. The Morgan fingerprint density at radius 3 is 2.75 bits per heavy atom. The summed E-state index contributed by atoms with van der Waals surface area (Å²) in [7, 11) is 0. The van der Waals surface area contributed by atoms with Crippen molar-refractivity contribution in [1.82, 2.24) is 9.88 Å². The number of aromatic amines is 1. The average molecular weight is 274 g/mol. The topological polar surface area (TPSA) is 73.4 Å². The van der Waals surface area contributed by atoms with E-state index >= 15 is 0 Å². The molecule has 0 aliphatic heterocycles. The number of aromatic nitrogens is 1. The van der Waals surface area contributed by atoms with Gasteiger partial charge in [-0.2, -0.15) is 0 Å². The first kappa shape index (κ1) is 14.1. The van der Waals surface area contributed by atoms with Crippen LogP contribution in [0.3, 0.4) is 0 Å². The SMILES string of the molecule is CCC(C)N(CC(=O)O)C(=O)c1ccc2cc[nH]c2c1. The smallest absolute Gasteiger partial charge is 0.323 e. The number of aliphatic carboxylic acids is 1. The Kier molecular flexibility index (Phi) is 4.08. The molecule has 0 saturated carbocycles. The van der Waals surface area contributed by atoms with Gasteiger partial charge in [0.25, 0.3) is 5.91 Å². The summed E-state index contributed by atoms with van der Waals surface area (Å²) >= 11 is 0. The molecule has 106 valence electrons. The quantitative estimate of drug-likeness (QED) is 0.879. The molecule has 0 bridgehead atoms. The van der Waals surface area contributed by atoms with E-state index < -0.39 is 5.97 Å². The Balaban J connectivity index is 2.31. The number of rotatable bonds is 5. The zero-order chi connectivity index (χ0) is 14.7. The Bertz CT molecular complexity index is 633. The third-order valence-corrected chi connectivity index (χ3v) is 3.49. The Morgan fingerprint density at radius 1 is 1.35 bits per heavy atom. The minimum atomic E-state index is -1.00. The highest BCUT2D eigenvalue weighted by Gasteiger charge is 2.23. The van der Waals surface area contributed by atoms with Gasteiger partial charge in [-0.3, -0.25) is 9.59 Å². The molecule has 2 N–H and O–H groups in total. The number of fused-ring (bicyclic) bond motifs is 1. The van der Waals surface area contributed by atoms with E-state index in [0.717, 1.165) is 10.9 Å². The molecule has 0 aliphatic rings. The van der Waals surface area contributed by atoms with E-state index in [1.807, 2.05) is 32.2 Å². The van der Waals surface area contributed by atoms with Crippen LogP contribution in [0.1, 0.15) is 30.6 Å². The van der Waals surface area contributed by atoms with Crippen LogP contribution >= 0.6 is 0 Å². The van der Waals surface area contributed by atoms with Gasteiger partial charge in [0, 0.05) is 23.3 Å². The Labute approximate surface area is 117 Å². The molecule has 0 spiro atoms. The molecule has 1 heterocycles. The van der Waals surface area contributed by atoms with E-state index in [-0.39, 0.29) is 18.5 Å². The van der Waals surface area contributed by atoms with Gasteiger partial charge in [-0.15, -0.1) is 0 Å². The van der Waals surface area contributed by atoms with Crippen LogP contribution in [-0.4, -0.2) is 39.5 Å². The molecule has 5 nitrogen and oxygen atoms in total. The summed E-state index contributed by atoms with van der Waals surface area (Å²) < 4.78 is 0. The van der Waals surface area contributed by atoms with Gasteiger partial charge in [0.15, 0.2) is 0 Å². The second kappa shape index (κ2) is 5.77. The van der Waals surface area contributed by atoms with Crippen molar-refractivity contribution in [3.63, 3.8) is 0 Å². The van der Waals surface area contributed by atoms with Crippen molar-refractivity contribution >= 4 is 22.8 Å². The minimum Gasteiger partial charge on any atom is -0.480 e. The van der Waals surface area contributed by atoms with Crippen molar-refractivity contribution < 1.29 is 14.7 Å². The normalized spacial score (nSPS) is 12.3. The standard InChI is InChI=1S/C15H18N2O3/c1-3-10(2)17(9-14(18)19)15(20)12-5-4-11-6-7-16-13(11)8-12/h4-8,10,16H,3,9H2,1-2H3,(H,18,19). The molecule has 5 heteroatoms. The molecule has 1 unspecified atom stereocenters. The van der Waals surface area contributed by atoms with Crippen LogP contribution in [0.5, 0.6) is 0 Å². The van der Waals surface area contributed by atoms with Gasteiger partial charge in [0.1, 0.15) is 6.54 Å². The zero-order valence-electron chi connectivity index (χ0n) is 11.6. The number of carbonyl (C=O) groups is 2. The lowest BCUT2D eigenvalue weighted by atomic mass is 10.1. The molecule has 0 aliphatic carbocycles. The van der Waals surface area contributed by atoms with Crippen molar-refractivity contribution in [2.45, 2.75) is 26.3 Å². The summed E-state index contributed by atoms with van der Waals surface area (Å²) in [5, 5.41) is 9.99. The molecule has 0 saturated heterocycles. The number of nitrogens with zero attached hydrogens (tertiary/aromatic N) is 1. The number of benzene rings is 1. The molecule has 1 aromatic carbocycles. The molecular formula is C15H18N2O3. The highest BCUT2D eigenvalue weighted by atomic mass is 16.4. The first-order valence-electron chi connectivity index (χ1n) is 6.62. The van der Waals surface area contributed by atoms with Crippen molar-refractivity contribution in [2.24, 2.45) is 0 Å². The van der Waals surface area contributed by atoms with Gasteiger partial charge in [-0.25, -0.2) is 0 Å². The molecule has 1 aromatic heterocycles. The summed E-state index contributed by atoms with van der Waals surface area (Å²) in [6, 6.07) is 7.16. The van der Waals surface area contributed by atoms with Crippen molar-refractivity contribution in [3.8, 4) is 0 Å². The second-order valence-electron chi connectivity index (χ2n) is 4.86. The van der Waals surface area contributed by atoms with E-state index in [1.54, 1.807) is 12.1 Å². The number of nitrogens with one attached hydrogen (secondary N) is 1. The maximum atomic E-state index is 12.5. The molecule has 1 atom stereocenters. The van der Waals surface area contributed by atoms with Crippen LogP contribution in [0.2, 0.25) is 0 Å². The van der Waals surface area contributed by atoms with Crippen LogP contribution < -0.4 is 0 Å². The number of carboxylic acid groups (broad SMARTS) is 1. The number of hydrogen-bond donors (Lipinski definition) is 2. The zero-order valence-corrected chi connectivity index (χ0v) is 11.6. The molecule has 1 amide bonds. The maximum absolute atomic E-state index is 12.5. The van der Waals surface area contributed by atoms with Crippen molar-refractivity contribution in [1.29, 1.82) is 0 Å². The van der Waals surface area contributed by atoms with Crippen LogP contribution in [-0.2, 0) is 4.79 Å². The lowest BCUT2D eigenvalue weighted by molar-refractivity contribution is -0.138. The fourth-order valence-corrected chi connectivity index (χ4v) is 2.14. The second-order valence-corrected chi connectivity index (χ2v) is 4.86. The number of hydrogen-bond acceptors (Lipinski definition) is 2. The predicted octanol–water partition coefficient (Wildman–Crippen LogP) is 2.49. The van der Waals surface area contributed by atoms with Crippen molar-refractivity contribution in [2.75, 3.05) is 6.54 Å². The number of carboxylic acids is 1. The first-order valence-corrected chi connectivity index (χ1v) is 6.62. The molecular weight excluding hydrogens is 256 g/mol. The highest BCUT2D eigenvalue weighted by Crippen LogP contribution is 2.17. The third-order valence-electron chi connectivity index (χ3n) is 3.49. The lowest BCUT2D eigenvalue weighted by Crippen LogP contribution is -2.41. The van der Waals surface area contributed by atoms with Gasteiger partial charge >= 0.3 is 5.97 Å². The molecule has 2 rings (SSSR count). The Morgan fingerprint density at radius 2 is 2.10 bits per heavy atom. The predicted molar refractivity (Wildman–Crippen MR) is 76.7 cm³/mol.